The lowest BCUT2D eigenvalue weighted by molar-refractivity contribution is -0.0345. The number of aromatic hydroxyl groups is 1. The average Bonchev–Trinajstić information content (AvgIpc) is 3.56. The van der Waals surface area contributed by atoms with E-state index in [0.29, 0.717) is 35.6 Å². The highest BCUT2D eigenvalue weighted by Crippen LogP contribution is 2.34. The van der Waals surface area contributed by atoms with Gasteiger partial charge in [0.05, 0.1) is 50.3 Å². The first-order valence-corrected chi connectivity index (χ1v) is 30.7. The number of hydrogen-bond donors (Lipinski definition) is 2. The van der Waals surface area contributed by atoms with E-state index in [4.69, 9.17) is 35.3 Å². The lowest BCUT2D eigenvalue weighted by Gasteiger charge is -2.33. The Labute approximate surface area is 507 Å². The number of halogens is 3. The minimum Gasteiger partial charge on any atom is -0.508 e. The Kier molecular flexibility index (Phi) is 24.3. The number of rotatable bonds is 14. The summed E-state index contributed by atoms with van der Waals surface area (Å²) in [4.78, 5) is 7.13. The Morgan fingerprint density at radius 1 is 0.566 bits per heavy atom. The normalized spacial score (nSPS) is 19.3. The van der Waals surface area contributed by atoms with E-state index in [1.165, 1.54) is 45.2 Å². The van der Waals surface area contributed by atoms with Gasteiger partial charge in [-0.05, 0) is 81.9 Å². The molecule has 4 unspecified atom stereocenters. The second kappa shape index (κ2) is 32.8. The van der Waals surface area contributed by atoms with E-state index < -0.39 is 5.82 Å². The predicted octanol–water partition coefficient (Wildman–Crippen LogP) is 14.7. The summed E-state index contributed by atoms with van der Waals surface area (Å²) < 4.78 is 43.9. The molecule has 14 heteroatoms. The fourth-order valence-corrected chi connectivity index (χ4v) is 12.0. The molecule has 0 radical (unpaired) electrons. The van der Waals surface area contributed by atoms with Gasteiger partial charge in [-0.1, -0.05) is 179 Å². The smallest absolute Gasteiger partial charge is 0.132 e. The van der Waals surface area contributed by atoms with Crippen LogP contribution in [0.2, 0.25) is 5.02 Å². The van der Waals surface area contributed by atoms with Gasteiger partial charge in [0.1, 0.15) is 29.7 Å². The Balaban J connectivity index is 0.000000137. The molecule has 434 valence electrons. The predicted molar refractivity (Wildman–Crippen MR) is 337 cm³/mol. The van der Waals surface area contributed by atoms with Crippen LogP contribution in [0.25, 0.3) is 0 Å². The molecule has 4 aliphatic rings. The van der Waals surface area contributed by atoms with Gasteiger partial charge < -0.3 is 34.1 Å². The quantitative estimate of drug-likeness (QED) is 0.109. The zero-order chi connectivity index (χ0) is 57.4. The molecule has 4 heterocycles. The van der Waals surface area contributed by atoms with Gasteiger partial charge in [-0.25, -0.2) is 4.39 Å². The van der Waals surface area contributed by atoms with Crippen LogP contribution < -0.4 is 14.8 Å². The summed E-state index contributed by atoms with van der Waals surface area (Å²) in [5.74, 6) is 2.40. The number of phenolic OH excluding ortho intramolecular Hbond substituents is 1. The number of nitrogens with zero attached hydrogens (tertiary/aromatic N) is 3. The largest absolute Gasteiger partial charge is 0.508 e. The summed E-state index contributed by atoms with van der Waals surface area (Å²) in [7, 11) is 1.64. The van der Waals surface area contributed by atoms with Crippen LogP contribution in [0, 0.1) is 5.82 Å². The lowest BCUT2D eigenvalue weighted by Crippen LogP contribution is -2.38. The maximum absolute atomic E-state index is 13.9. The van der Waals surface area contributed by atoms with Gasteiger partial charge >= 0.3 is 0 Å². The van der Waals surface area contributed by atoms with Gasteiger partial charge in [-0.15, -0.1) is 0 Å². The van der Waals surface area contributed by atoms with E-state index in [0.717, 1.165) is 106 Å². The van der Waals surface area contributed by atoms with Crippen LogP contribution in [0.5, 0.6) is 17.2 Å². The average molecular weight is 1220 g/mol. The van der Waals surface area contributed by atoms with Crippen molar-refractivity contribution >= 4 is 39.3 Å². The number of hydrogen-bond acceptors (Lipinski definition) is 11. The minimum absolute atomic E-state index is 0.0101. The van der Waals surface area contributed by atoms with E-state index in [9.17, 15) is 9.50 Å². The molecule has 0 saturated carbocycles. The van der Waals surface area contributed by atoms with Crippen molar-refractivity contribution < 1.29 is 33.2 Å². The lowest BCUT2D eigenvalue weighted by atomic mass is 10.1. The number of benzene rings is 8. The maximum Gasteiger partial charge on any atom is 0.132 e. The van der Waals surface area contributed by atoms with Crippen molar-refractivity contribution in [2.75, 3.05) is 85.0 Å². The number of morpholine rings is 3. The maximum atomic E-state index is 13.9. The van der Waals surface area contributed by atoms with Crippen molar-refractivity contribution in [3.8, 4) is 17.2 Å². The van der Waals surface area contributed by atoms with Crippen molar-refractivity contribution in [1.82, 2.24) is 20.0 Å². The number of thioether (sulfide) groups is 1. The van der Waals surface area contributed by atoms with E-state index in [1.807, 2.05) is 78.5 Å². The number of ether oxygens (including phenoxy) is 5. The summed E-state index contributed by atoms with van der Waals surface area (Å²) in [6.07, 6.45) is -0.193. The Morgan fingerprint density at radius 3 is 1.60 bits per heavy atom. The van der Waals surface area contributed by atoms with Gasteiger partial charge in [0, 0.05) is 105 Å². The SMILES string of the molecule is Brc1ccc(C2CNCCS2)cc1.COc1ccc(C2CN(Cc3ccccc3)CCO2)c(Cl)c1.Oc1ccc(C2CN(Cc3ccccc3)CCO2)c(F)c1.c1ccc(COc2cccc(C3CN(Cc4ccccc4)CCO3)c2)cc1. The zero-order valence-corrected chi connectivity index (χ0v) is 50.3. The molecule has 0 spiro atoms. The van der Waals surface area contributed by atoms with Crippen molar-refractivity contribution in [3.63, 3.8) is 0 Å². The van der Waals surface area contributed by atoms with Gasteiger partial charge in [-0.2, -0.15) is 11.8 Å². The molecule has 8 aromatic carbocycles. The molecular weight excluding hydrogens is 1150 g/mol. The molecule has 4 saturated heterocycles. The molecule has 8 aromatic rings. The van der Waals surface area contributed by atoms with Crippen LogP contribution >= 0.6 is 39.3 Å². The topological polar surface area (TPSA) is 88.1 Å². The Morgan fingerprint density at radius 2 is 1.08 bits per heavy atom. The highest BCUT2D eigenvalue weighted by Gasteiger charge is 2.27. The fraction of sp³-hybridized carbons (Fsp3) is 0.304. The molecule has 0 aromatic heterocycles. The molecular formula is C69H75BrClFN4O6S. The van der Waals surface area contributed by atoms with Gasteiger partial charge in [0.25, 0.3) is 0 Å². The molecule has 10 nitrogen and oxygen atoms in total. The van der Waals surface area contributed by atoms with E-state index in [-0.39, 0.29) is 24.1 Å². The summed E-state index contributed by atoms with van der Waals surface area (Å²) in [6, 6.07) is 68.5. The number of nitrogens with one attached hydrogen (secondary N) is 1. The molecule has 0 aliphatic carbocycles. The first-order valence-electron chi connectivity index (χ1n) is 28.5. The molecule has 0 bridgehead atoms. The first kappa shape index (κ1) is 61.5. The summed E-state index contributed by atoms with van der Waals surface area (Å²) in [6.45, 7) is 12.8. The monoisotopic (exact) mass is 1220 g/mol. The van der Waals surface area contributed by atoms with Crippen molar-refractivity contribution in [3.05, 3.63) is 266 Å². The third-order valence-corrected chi connectivity index (χ3v) is 16.9. The third-order valence-electron chi connectivity index (χ3n) is 14.7. The molecule has 4 atom stereocenters. The van der Waals surface area contributed by atoms with Crippen molar-refractivity contribution in [1.29, 1.82) is 0 Å². The summed E-state index contributed by atoms with van der Waals surface area (Å²) >= 11 is 11.9. The van der Waals surface area contributed by atoms with Gasteiger partial charge in [-0.3, -0.25) is 14.7 Å². The van der Waals surface area contributed by atoms with Crippen LogP contribution in [0.3, 0.4) is 0 Å². The van der Waals surface area contributed by atoms with Crippen LogP contribution in [-0.4, -0.2) is 105 Å². The van der Waals surface area contributed by atoms with Crippen LogP contribution in [0.1, 0.15) is 68.1 Å². The molecule has 4 fully saturated rings. The van der Waals surface area contributed by atoms with E-state index >= 15 is 0 Å². The van der Waals surface area contributed by atoms with Crippen LogP contribution in [0.15, 0.2) is 211 Å². The standard InChI is InChI=1S/C24H25NO2.C18H20ClNO2.C17H18FNO2.C10H12BrNS/c1-3-8-20(9-4-1)17-25-14-15-26-24(18-25)22-12-7-13-23(16-22)27-19-21-10-5-2-6-11-21;1-21-15-7-8-16(17(19)11-15)18-13-20(9-10-22-18)12-14-5-3-2-4-6-14;18-16-10-14(20)6-7-15(16)17-12-19(8-9-21-17)11-13-4-2-1-3-5-13;11-9-3-1-8(2-4-9)10-7-12-5-6-13-10/h1-13,16,24H,14-15,17-19H2;2-8,11,18H,9-10,12-13H2,1H3;1-7,10,17,20H,8-9,11-12H2;1-4,10,12H,5-7H2. The third kappa shape index (κ3) is 19.8. The van der Waals surface area contributed by atoms with Crippen LogP contribution in [0.4, 0.5) is 4.39 Å². The van der Waals surface area contributed by atoms with Crippen molar-refractivity contribution in [2.45, 2.75) is 49.8 Å². The fourth-order valence-electron chi connectivity index (χ4n) is 10.3. The Hall–Kier alpha value is -6.07. The summed E-state index contributed by atoms with van der Waals surface area (Å²) in [5, 5.41) is 14.0. The number of methoxy groups -OCH3 is 1. The van der Waals surface area contributed by atoms with Crippen molar-refractivity contribution in [2.24, 2.45) is 0 Å². The van der Waals surface area contributed by atoms with Gasteiger partial charge in [0.2, 0.25) is 0 Å². The van der Waals surface area contributed by atoms with E-state index in [2.05, 4.69) is 157 Å². The van der Waals surface area contributed by atoms with Gasteiger partial charge in [0.15, 0.2) is 0 Å². The molecule has 2 N–H and O–H groups in total. The highest BCUT2D eigenvalue weighted by atomic mass is 79.9. The highest BCUT2D eigenvalue weighted by molar-refractivity contribution is 9.10. The molecule has 83 heavy (non-hydrogen) atoms. The second-order valence-corrected chi connectivity index (χ2v) is 23.4. The zero-order valence-electron chi connectivity index (χ0n) is 47.1. The van der Waals surface area contributed by atoms with Crippen LogP contribution in [-0.2, 0) is 40.5 Å². The first-order chi connectivity index (χ1) is 40.7. The second-order valence-electron chi connectivity index (χ2n) is 20.8. The van der Waals surface area contributed by atoms with E-state index in [1.54, 1.807) is 13.2 Å². The molecule has 12 rings (SSSR count). The summed E-state index contributed by atoms with van der Waals surface area (Å²) in [5.41, 5.74) is 9.22. The molecule has 4 aliphatic heterocycles. The Bertz CT molecular complexity index is 3160. The molecule has 0 amide bonds. The number of phenols is 1. The minimum atomic E-state index is -0.415.